The van der Waals surface area contributed by atoms with E-state index in [1.807, 2.05) is 26.0 Å². The van der Waals surface area contributed by atoms with E-state index in [0.717, 1.165) is 18.5 Å². The molecular weight excluding hydrogens is 692 g/mol. The third kappa shape index (κ3) is 8.71. The number of amides is 6. The number of carbonyl (C=O) groups is 6. The van der Waals surface area contributed by atoms with E-state index in [1.54, 1.807) is 29.3 Å². The molecule has 4 aromatic heterocycles. The van der Waals surface area contributed by atoms with E-state index in [2.05, 4.69) is 35.9 Å². The van der Waals surface area contributed by atoms with Crippen LogP contribution >= 0.6 is 0 Å². The summed E-state index contributed by atoms with van der Waals surface area (Å²) in [7, 11) is 0. The first-order valence-electron chi connectivity index (χ1n) is 17.6. The number of pyridine rings is 4. The van der Waals surface area contributed by atoms with Gasteiger partial charge in [-0.25, -0.2) is 0 Å². The van der Waals surface area contributed by atoms with Gasteiger partial charge in [-0.15, -0.1) is 0 Å². The first-order chi connectivity index (χ1) is 26.0. The van der Waals surface area contributed by atoms with Gasteiger partial charge in [0.1, 0.15) is 0 Å². The summed E-state index contributed by atoms with van der Waals surface area (Å²) in [6, 6.07) is 10.7. The second-order valence-corrected chi connectivity index (χ2v) is 13.7. The molecule has 278 valence electrons. The number of primary amides is 1. The number of hydrogen-bond donors (Lipinski definition) is 4. The summed E-state index contributed by atoms with van der Waals surface area (Å²) in [5.41, 5.74) is 7.45. The van der Waals surface area contributed by atoms with Gasteiger partial charge in [0.2, 0.25) is 5.91 Å². The molecule has 0 spiro atoms. The number of nitrogens with zero attached hydrogens (tertiary/aromatic N) is 6. The number of aromatic nitrogens is 4. The first-order valence-corrected chi connectivity index (χ1v) is 17.6. The lowest BCUT2D eigenvalue weighted by atomic mass is 9.92. The zero-order valence-corrected chi connectivity index (χ0v) is 29.8. The summed E-state index contributed by atoms with van der Waals surface area (Å²) in [5, 5.41) is 7.83. The predicted molar refractivity (Wildman–Crippen MR) is 196 cm³/mol. The Balaban J connectivity index is 1.08. The van der Waals surface area contributed by atoms with Crippen LogP contribution in [0.4, 0.5) is 17.1 Å². The number of rotatable bonds is 7. The first kappa shape index (κ1) is 37.2. The van der Waals surface area contributed by atoms with Crippen molar-refractivity contribution in [2.24, 2.45) is 17.6 Å². The average Bonchev–Trinajstić information content (AvgIpc) is 3.18. The Kier molecular flexibility index (Phi) is 11.3. The van der Waals surface area contributed by atoms with Crippen molar-refractivity contribution in [1.82, 2.24) is 29.7 Å². The Labute approximate surface area is 311 Å². The maximum Gasteiger partial charge on any atom is 0.313 e. The Morgan fingerprint density at radius 3 is 1.70 bits per heavy atom. The van der Waals surface area contributed by atoms with Crippen molar-refractivity contribution in [1.29, 1.82) is 0 Å². The lowest BCUT2D eigenvalue weighted by molar-refractivity contribution is -0.146. The lowest BCUT2D eigenvalue weighted by Crippen LogP contribution is -2.46. The van der Waals surface area contributed by atoms with Gasteiger partial charge in [0.25, 0.3) is 5.91 Å². The Hall–Kier alpha value is -6.58. The van der Waals surface area contributed by atoms with Gasteiger partial charge >= 0.3 is 23.6 Å². The number of nitrogens with two attached hydrogens (primary N) is 1. The molecule has 6 heterocycles. The molecule has 0 radical (unpaired) electrons. The van der Waals surface area contributed by atoms with Crippen LogP contribution in [0.3, 0.4) is 0 Å². The SMILES string of the molecule is C[C@H]1CC[C@H](c2ccc(NC(=O)c3cncc(NC(=O)C(=O)N4C[C@@H](C)CC[C@@H]4c4ccccn4)c3)cn2)N(C(=O)C(=O)Nc2cncc(C(N)=O)c2)C1. The summed E-state index contributed by atoms with van der Waals surface area (Å²) in [4.78, 5) is 97.5. The van der Waals surface area contributed by atoms with Crippen LogP contribution in [0.25, 0.3) is 0 Å². The molecule has 0 saturated carbocycles. The molecule has 0 unspecified atom stereocenters. The van der Waals surface area contributed by atoms with Crippen LogP contribution in [0.15, 0.2) is 79.6 Å². The van der Waals surface area contributed by atoms with Crippen molar-refractivity contribution in [2.45, 2.75) is 51.6 Å². The normalized spacial score (nSPS) is 19.7. The number of carbonyl (C=O) groups excluding carboxylic acids is 6. The minimum absolute atomic E-state index is 0.0850. The molecule has 2 saturated heterocycles. The van der Waals surface area contributed by atoms with E-state index in [0.29, 0.717) is 37.3 Å². The minimum atomic E-state index is -0.896. The van der Waals surface area contributed by atoms with Crippen LogP contribution in [-0.4, -0.2) is 78.3 Å². The summed E-state index contributed by atoms with van der Waals surface area (Å²) >= 11 is 0. The van der Waals surface area contributed by atoms with Crippen molar-refractivity contribution in [3.8, 4) is 0 Å². The molecule has 0 aliphatic carbocycles. The van der Waals surface area contributed by atoms with Crippen molar-refractivity contribution in [3.05, 3.63) is 102 Å². The fourth-order valence-electron chi connectivity index (χ4n) is 6.73. The highest BCUT2D eigenvalue weighted by Gasteiger charge is 2.36. The number of piperidine rings is 2. The molecule has 2 fully saturated rings. The highest BCUT2D eigenvalue weighted by molar-refractivity contribution is 6.40. The topological polar surface area (TPSA) is 223 Å². The highest BCUT2D eigenvalue weighted by atomic mass is 16.2. The highest BCUT2D eigenvalue weighted by Crippen LogP contribution is 2.34. The summed E-state index contributed by atoms with van der Waals surface area (Å²) in [5.74, 6) is -4.10. The Morgan fingerprint density at radius 1 is 0.630 bits per heavy atom. The third-order valence-electron chi connectivity index (χ3n) is 9.50. The van der Waals surface area contributed by atoms with Crippen LogP contribution in [0.1, 0.15) is 83.7 Å². The molecule has 4 atom stereocenters. The maximum absolute atomic E-state index is 13.4. The third-order valence-corrected chi connectivity index (χ3v) is 9.50. The van der Waals surface area contributed by atoms with E-state index in [1.165, 1.54) is 48.0 Å². The van der Waals surface area contributed by atoms with Crippen molar-refractivity contribution in [2.75, 3.05) is 29.0 Å². The maximum atomic E-state index is 13.4. The zero-order chi connectivity index (χ0) is 38.4. The number of nitrogens with one attached hydrogen (secondary N) is 3. The summed E-state index contributed by atoms with van der Waals surface area (Å²) in [6.07, 6.45) is 11.3. The zero-order valence-electron chi connectivity index (χ0n) is 29.8. The Bertz CT molecular complexity index is 2060. The standard InChI is InChI=1S/C38H40N10O6/c1-22-6-10-31(29-5-3-4-12-42-29)47(20-22)37(53)36(52)46-28-14-25(16-41-18-28)34(50)44-26-8-9-30(43-19-26)32-11-7-23(2)21-48(32)38(54)35(51)45-27-13-24(33(39)49)15-40-17-27/h3-5,8-9,12-19,22-23,31-32H,6-7,10-11,20-21H2,1-2H3,(H2,39,49)(H,44,50)(H,45,51)(H,46,52)/t22-,23-,31+,32+/m0/s1. The van der Waals surface area contributed by atoms with E-state index in [-0.39, 0.29) is 40.4 Å². The van der Waals surface area contributed by atoms with Crippen molar-refractivity contribution in [3.63, 3.8) is 0 Å². The van der Waals surface area contributed by atoms with Crippen molar-refractivity contribution >= 4 is 52.5 Å². The van der Waals surface area contributed by atoms with Gasteiger partial charge < -0.3 is 31.5 Å². The van der Waals surface area contributed by atoms with E-state index < -0.39 is 41.5 Å². The van der Waals surface area contributed by atoms with Gasteiger partial charge in [-0.1, -0.05) is 19.9 Å². The molecule has 16 heteroatoms. The van der Waals surface area contributed by atoms with Crippen LogP contribution in [0.5, 0.6) is 0 Å². The quantitative estimate of drug-likeness (QED) is 0.203. The smallest absolute Gasteiger partial charge is 0.313 e. The second-order valence-electron chi connectivity index (χ2n) is 13.7. The molecule has 0 aromatic carbocycles. The molecule has 2 aliphatic heterocycles. The van der Waals surface area contributed by atoms with Gasteiger partial charge in [0, 0.05) is 31.7 Å². The van der Waals surface area contributed by atoms with E-state index >= 15 is 0 Å². The van der Waals surface area contributed by atoms with Crippen molar-refractivity contribution < 1.29 is 28.8 Å². The van der Waals surface area contributed by atoms with Gasteiger partial charge in [-0.05, 0) is 73.9 Å². The second kappa shape index (κ2) is 16.4. The largest absolute Gasteiger partial charge is 0.366 e. The monoisotopic (exact) mass is 732 g/mol. The average molecular weight is 733 g/mol. The number of likely N-dealkylation sites (tertiary alicyclic amines) is 2. The van der Waals surface area contributed by atoms with Crippen LogP contribution in [-0.2, 0) is 19.2 Å². The van der Waals surface area contributed by atoms with Gasteiger partial charge in [0.15, 0.2) is 0 Å². The minimum Gasteiger partial charge on any atom is -0.366 e. The molecule has 54 heavy (non-hydrogen) atoms. The Morgan fingerprint density at radius 2 is 1.19 bits per heavy atom. The predicted octanol–water partition coefficient (Wildman–Crippen LogP) is 3.49. The molecular formula is C38H40N10O6. The van der Waals surface area contributed by atoms with E-state index in [4.69, 9.17) is 5.73 Å². The van der Waals surface area contributed by atoms with Gasteiger partial charge in [0.05, 0.1) is 70.3 Å². The van der Waals surface area contributed by atoms with Crippen LogP contribution in [0, 0.1) is 11.8 Å². The van der Waals surface area contributed by atoms with Gasteiger partial charge in [-0.3, -0.25) is 48.7 Å². The number of anilines is 3. The summed E-state index contributed by atoms with van der Waals surface area (Å²) in [6.45, 7) is 4.76. The van der Waals surface area contributed by atoms with Crippen LogP contribution in [0.2, 0.25) is 0 Å². The van der Waals surface area contributed by atoms with Crippen LogP contribution < -0.4 is 21.7 Å². The molecule has 2 aliphatic rings. The fraction of sp³-hybridized carbons (Fsp3) is 0.316. The fourth-order valence-corrected chi connectivity index (χ4v) is 6.73. The summed E-state index contributed by atoms with van der Waals surface area (Å²) < 4.78 is 0. The molecule has 6 amide bonds. The number of hydrogen-bond acceptors (Lipinski definition) is 10. The molecule has 5 N–H and O–H groups in total. The van der Waals surface area contributed by atoms with E-state index in [9.17, 15) is 28.8 Å². The van der Waals surface area contributed by atoms with Gasteiger partial charge in [-0.2, -0.15) is 0 Å². The molecule has 6 rings (SSSR count). The molecule has 16 nitrogen and oxygen atoms in total. The molecule has 0 bridgehead atoms. The molecule has 4 aromatic rings. The lowest BCUT2D eigenvalue weighted by Gasteiger charge is -2.38.